The van der Waals surface area contributed by atoms with Gasteiger partial charge < -0.3 is 30.8 Å². The fraction of sp³-hybridized carbons (Fsp3) is 0.727. The summed E-state index contributed by atoms with van der Waals surface area (Å²) >= 11 is 0. The van der Waals surface area contributed by atoms with E-state index in [0.29, 0.717) is 0 Å². The number of Topliss-reactive ketones (excluding diaryl/α,β-unsaturated/α-hetero) is 1. The minimum Gasteiger partial charge on any atom is -0.481 e. The van der Waals surface area contributed by atoms with E-state index < -0.39 is 61.5 Å². The predicted molar refractivity (Wildman–Crippen MR) is 64.6 cm³/mol. The highest BCUT2D eigenvalue weighted by Gasteiger charge is 2.35. The molecule has 9 heteroatoms. The Labute approximate surface area is 114 Å². The first-order chi connectivity index (χ1) is 9.20. The summed E-state index contributed by atoms with van der Waals surface area (Å²) in [5, 5.41) is 47.7. The number of carboxylic acid groups (broad SMARTS) is 1. The van der Waals surface area contributed by atoms with E-state index in [2.05, 4.69) is 5.32 Å². The number of carboxylic acids is 1. The van der Waals surface area contributed by atoms with Gasteiger partial charge in [-0.3, -0.25) is 14.4 Å². The number of hydrogen-bond acceptors (Lipinski definition) is 7. The standard InChI is InChI=1S/C11H19NO8/c1-5(14)12-9(6(15)2-3-8(17)18)11(20)10(19)7(16)4-13/h7,9-11,13,16,19-20H,2-4H2,1H3,(H,12,14)(H,17,18)/t7-,9-,10-,11-/m1/s1. The molecule has 0 saturated heterocycles. The number of rotatable bonds is 9. The van der Waals surface area contributed by atoms with Crippen molar-refractivity contribution < 1.29 is 39.9 Å². The maximum atomic E-state index is 11.7. The Morgan fingerprint density at radius 1 is 1.05 bits per heavy atom. The Morgan fingerprint density at radius 2 is 1.60 bits per heavy atom. The number of aliphatic carboxylic acids is 1. The fourth-order valence-corrected chi connectivity index (χ4v) is 1.49. The van der Waals surface area contributed by atoms with Crippen LogP contribution >= 0.6 is 0 Å². The zero-order valence-electron chi connectivity index (χ0n) is 10.9. The fourth-order valence-electron chi connectivity index (χ4n) is 1.49. The summed E-state index contributed by atoms with van der Waals surface area (Å²) in [5.74, 6) is -2.71. The van der Waals surface area contributed by atoms with Gasteiger partial charge in [-0.25, -0.2) is 0 Å². The van der Waals surface area contributed by atoms with Gasteiger partial charge in [-0.1, -0.05) is 0 Å². The SMILES string of the molecule is CC(=O)N[C@H](C(=O)CCC(=O)O)[C@@H](O)[C@H](O)[C@H](O)CO. The predicted octanol–water partition coefficient (Wildman–Crippen LogP) is -3.00. The molecule has 9 nitrogen and oxygen atoms in total. The van der Waals surface area contributed by atoms with Crippen LogP contribution in [0.25, 0.3) is 0 Å². The lowest BCUT2D eigenvalue weighted by Gasteiger charge is -2.28. The maximum Gasteiger partial charge on any atom is 0.303 e. The molecular weight excluding hydrogens is 274 g/mol. The van der Waals surface area contributed by atoms with Gasteiger partial charge in [0.2, 0.25) is 5.91 Å². The Kier molecular flexibility index (Phi) is 7.92. The van der Waals surface area contributed by atoms with Crippen molar-refractivity contribution in [3.05, 3.63) is 0 Å². The first-order valence-corrected chi connectivity index (χ1v) is 5.87. The van der Waals surface area contributed by atoms with Crippen LogP contribution in [0.2, 0.25) is 0 Å². The minimum absolute atomic E-state index is 0.459. The van der Waals surface area contributed by atoms with E-state index in [-0.39, 0.29) is 0 Å². The normalized spacial score (nSPS) is 16.9. The van der Waals surface area contributed by atoms with Crippen LogP contribution in [0.3, 0.4) is 0 Å². The zero-order valence-corrected chi connectivity index (χ0v) is 10.9. The second-order valence-electron chi connectivity index (χ2n) is 4.27. The van der Waals surface area contributed by atoms with Gasteiger partial charge in [0.1, 0.15) is 24.4 Å². The van der Waals surface area contributed by atoms with Crippen LogP contribution in [0.4, 0.5) is 0 Å². The molecule has 0 spiro atoms. The first kappa shape index (κ1) is 18.4. The molecule has 6 N–H and O–H groups in total. The number of carbonyl (C=O) groups excluding carboxylic acids is 2. The number of aliphatic hydroxyl groups excluding tert-OH is 4. The third kappa shape index (κ3) is 6.06. The van der Waals surface area contributed by atoms with Crippen molar-refractivity contribution in [1.29, 1.82) is 0 Å². The third-order valence-corrected chi connectivity index (χ3v) is 2.56. The molecular formula is C11H19NO8. The van der Waals surface area contributed by atoms with Crippen molar-refractivity contribution in [1.82, 2.24) is 5.32 Å². The van der Waals surface area contributed by atoms with E-state index in [1.165, 1.54) is 0 Å². The summed E-state index contributed by atoms with van der Waals surface area (Å²) in [5.41, 5.74) is 0. The van der Waals surface area contributed by atoms with Gasteiger partial charge in [0.15, 0.2) is 5.78 Å². The maximum absolute atomic E-state index is 11.7. The Bertz CT molecular complexity index is 358. The van der Waals surface area contributed by atoms with Gasteiger partial charge >= 0.3 is 5.97 Å². The van der Waals surface area contributed by atoms with Crippen molar-refractivity contribution >= 4 is 17.7 Å². The molecule has 0 saturated carbocycles. The molecule has 1 amide bonds. The molecule has 0 unspecified atom stereocenters. The Balaban J connectivity index is 4.89. The van der Waals surface area contributed by atoms with Crippen LogP contribution in [0.1, 0.15) is 19.8 Å². The van der Waals surface area contributed by atoms with Gasteiger partial charge in [0.05, 0.1) is 13.0 Å². The highest BCUT2D eigenvalue weighted by Crippen LogP contribution is 2.09. The van der Waals surface area contributed by atoms with Crippen molar-refractivity contribution in [3.8, 4) is 0 Å². The number of hydrogen-bond donors (Lipinski definition) is 6. The molecule has 0 aromatic heterocycles. The Morgan fingerprint density at radius 3 is 2.00 bits per heavy atom. The molecule has 116 valence electrons. The van der Waals surface area contributed by atoms with E-state index in [0.717, 1.165) is 6.92 Å². The van der Waals surface area contributed by atoms with Gasteiger partial charge in [0, 0.05) is 13.3 Å². The number of amides is 1. The van der Waals surface area contributed by atoms with E-state index in [9.17, 15) is 29.7 Å². The highest BCUT2D eigenvalue weighted by atomic mass is 16.4. The van der Waals surface area contributed by atoms with E-state index in [4.69, 9.17) is 10.2 Å². The Hall–Kier alpha value is -1.55. The van der Waals surface area contributed by atoms with Crippen LogP contribution in [-0.2, 0) is 14.4 Å². The first-order valence-electron chi connectivity index (χ1n) is 5.87. The molecule has 4 atom stereocenters. The van der Waals surface area contributed by atoms with Crippen molar-refractivity contribution in [3.63, 3.8) is 0 Å². The third-order valence-electron chi connectivity index (χ3n) is 2.56. The summed E-state index contributed by atoms with van der Waals surface area (Å²) in [6.45, 7) is 0.216. The summed E-state index contributed by atoms with van der Waals surface area (Å²) in [6, 6.07) is -1.57. The molecule has 0 aromatic rings. The summed E-state index contributed by atoms with van der Waals surface area (Å²) in [4.78, 5) is 33.1. The lowest BCUT2D eigenvalue weighted by atomic mass is 9.95. The average Bonchev–Trinajstić information content (AvgIpc) is 2.39. The second-order valence-corrected chi connectivity index (χ2v) is 4.27. The molecule has 0 aliphatic carbocycles. The lowest BCUT2D eigenvalue weighted by molar-refractivity contribution is -0.141. The molecule has 0 fully saturated rings. The number of nitrogens with one attached hydrogen (secondary N) is 1. The summed E-state index contributed by atoms with van der Waals surface area (Å²) in [7, 11) is 0. The van der Waals surface area contributed by atoms with Crippen LogP contribution in [0, 0.1) is 0 Å². The van der Waals surface area contributed by atoms with Gasteiger partial charge in [-0.05, 0) is 0 Å². The molecule has 0 bridgehead atoms. The molecule has 20 heavy (non-hydrogen) atoms. The van der Waals surface area contributed by atoms with Crippen molar-refractivity contribution in [2.75, 3.05) is 6.61 Å². The molecule has 0 aliphatic rings. The summed E-state index contributed by atoms with van der Waals surface area (Å²) < 4.78 is 0. The topological polar surface area (TPSA) is 164 Å². The van der Waals surface area contributed by atoms with Gasteiger partial charge in [-0.2, -0.15) is 0 Å². The second kappa shape index (κ2) is 8.59. The lowest BCUT2D eigenvalue weighted by Crippen LogP contribution is -2.55. The quantitative estimate of drug-likeness (QED) is 0.262. The molecule has 0 heterocycles. The monoisotopic (exact) mass is 293 g/mol. The largest absolute Gasteiger partial charge is 0.481 e. The molecule has 0 aromatic carbocycles. The van der Waals surface area contributed by atoms with Crippen molar-refractivity contribution in [2.45, 2.75) is 44.1 Å². The van der Waals surface area contributed by atoms with Gasteiger partial charge in [0.25, 0.3) is 0 Å². The number of aliphatic hydroxyl groups is 4. The van der Waals surface area contributed by atoms with Crippen LogP contribution in [0.15, 0.2) is 0 Å². The minimum atomic E-state index is -1.87. The number of ketones is 1. The highest BCUT2D eigenvalue weighted by molar-refractivity contribution is 5.90. The number of carbonyl (C=O) groups is 3. The van der Waals surface area contributed by atoms with Gasteiger partial charge in [-0.15, -0.1) is 0 Å². The van der Waals surface area contributed by atoms with Crippen LogP contribution in [0.5, 0.6) is 0 Å². The van der Waals surface area contributed by atoms with E-state index >= 15 is 0 Å². The van der Waals surface area contributed by atoms with E-state index in [1.54, 1.807) is 0 Å². The average molecular weight is 293 g/mol. The summed E-state index contributed by atoms with van der Waals surface area (Å²) in [6.07, 6.45) is -6.40. The molecule has 0 aliphatic heterocycles. The molecule has 0 rings (SSSR count). The smallest absolute Gasteiger partial charge is 0.303 e. The zero-order chi connectivity index (χ0) is 15.9. The van der Waals surface area contributed by atoms with Crippen LogP contribution in [-0.4, -0.2) is 74.2 Å². The van der Waals surface area contributed by atoms with Crippen LogP contribution < -0.4 is 5.32 Å². The van der Waals surface area contributed by atoms with E-state index in [1.807, 2.05) is 0 Å². The molecule has 0 radical (unpaired) electrons. The van der Waals surface area contributed by atoms with Crippen molar-refractivity contribution in [2.24, 2.45) is 0 Å².